The van der Waals surface area contributed by atoms with Crippen molar-refractivity contribution in [2.24, 2.45) is 0 Å². The highest BCUT2D eigenvalue weighted by Crippen LogP contribution is 1.89. The molecule has 2 aromatic heterocycles. The van der Waals surface area contributed by atoms with E-state index in [4.69, 9.17) is 14.2 Å². The van der Waals surface area contributed by atoms with E-state index in [-0.39, 0.29) is 0 Å². The number of hydrogen-bond donors (Lipinski definition) is 0. The van der Waals surface area contributed by atoms with E-state index in [9.17, 15) is 0 Å². The first-order valence-electron chi connectivity index (χ1n) is 8.91. The third-order valence-electron chi connectivity index (χ3n) is 4.03. The van der Waals surface area contributed by atoms with Gasteiger partial charge < -0.3 is 14.2 Å². The minimum absolute atomic E-state index is 0.605. The Morgan fingerprint density at radius 3 is 1.40 bits per heavy atom. The smallest absolute Gasteiger partial charge is 0.178 e. The van der Waals surface area contributed by atoms with E-state index in [0.717, 1.165) is 13.1 Å². The molecule has 0 saturated heterocycles. The van der Waals surface area contributed by atoms with Crippen LogP contribution in [0, 0.1) is 13.8 Å². The molecule has 0 aliphatic rings. The van der Waals surface area contributed by atoms with Crippen LogP contribution in [0.3, 0.4) is 0 Å². The van der Waals surface area contributed by atoms with Gasteiger partial charge in [0.1, 0.15) is 13.2 Å². The molecule has 0 aromatic carbocycles. The number of hydrogen-bond acceptors (Lipinski definition) is 3. The van der Waals surface area contributed by atoms with Gasteiger partial charge in [-0.1, -0.05) is 12.1 Å². The van der Waals surface area contributed by atoms with Crippen LogP contribution in [0.25, 0.3) is 0 Å². The minimum Gasteiger partial charge on any atom is -0.377 e. The first-order valence-corrected chi connectivity index (χ1v) is 8.91. The molecular weight excluding hydrogens is 316 g/mol. The molecule has 5 heteroatoms. The SMILES string of the molecule is Cc1cccc[n+]1CCOCCOCCOCC[n+]1ccccc1C. The van der Waals surface area contributed by atoms with Gasteiger partial charge in [0.2, 0.25) is 0 Å². The molecule has 0 aliphatic heterocycles. The van der Waals surface area contributed by atoms with Crippen molar-refractivity contribution in [1.29, 1.82) is 0 Å². The second-order valence-electron chi connectivity index (χ2n) is 5.91. The molecule has 2 heterocycles. The van der Waals surface area contributed by atoms with E-state index in [1.807, 2.05) is 24.3 Å². The van der Waals surface area contributed by atoms with Crippen LogP contribution in [0.15, 0.2) is 48.8 Å². The van der Waals surface area contributed by atoms with Crippen LogP contribution in [-0.2, 0) is 27.3 Å². The summed E-state index contributed by atoms with van der Waals surface area (Å²) in [5.41, 5.74) is 2.48. The van der Waals surface area contributed by atoms with Gasteiger partial charge in [-0.05, 0) is 0 Å². The van der Waals surface area contributed by atoms with Crippen molar-refractivity contribution in [3.8, 4) is 0 Å². The fourth-order valence-electron chi connectivity index (χ4n) is 2.49. The first-order chi connectivity index (χ1) is 12.3. The van der Waals surface area contributed by atoms with Crippen molar-refractivity contribution in [1.82, 2.24) is 0 Å². The van der Waals surface area contributed by atoms with Crippen LogP contribution in [0.2, 0.25) is 0 Å². The van der Waals surface area contributed by atoms with Crippen LogP contribution >= 0.6 is 0 Å². The van der Waals surface area contributed by atoms with Gasteiger partial charge in [0.15, 0.2) is 36.9 Å². The van der Waals surface area contributed by atoms with Gasteiger partial charge in [0.25, 0.3) is 0 Å². The third kappa shape index (κ3) is 7.73. The van der Waals surface area contributed by atoms with Gasteiger partial charge in [0, 0.05) is 38.1 Å². The van der Waals surface area contributed by atoms with Crippen molar-refractivity contribution >= 4 is 0 Å². The predicted molar refractivity (Wildman–Crippen MR) is 95.2 cm³/mol. The van der Waals surface area contributed by atoms with Crippen LogP contribution in [-0.4, -0.2) is 39.6 Å². The largest absolute Gasteiger partial charge is 0.377 e. The Morgan fingerprint density at radius 2 is 1.00 bits per heavy atom. The lowest BCUT2D eigenvalue weighted by molar-refractivity contribution is -0.704. The molecule has 0 saturated carbocycles. The zero-order valence-corrected chi connectivity index (χ0v) is 15.4. The van der Waals surface area contributed by atoms with Crippen LogP contribution in [0.4, 0.5) is 0 Å². The van der Waals surface area contributed by atoms with E-state index in [1.165, 1.54) is 11.4 Å². The highest BCUT2D eigenvalue weighted by atomic mass is 16.5. The summed E-state index contributed by atoms with van der Waals surface area (Å²) >= 11 is 0. The van der Waals surface area contributed by atoms with Crippen molar-refractivity contribution in [2.75, 3.05) is 39.6 Å². The highest BCUT2D eigenvalue weighted by molar-refractivity contribution is 4.94. The molecule has 0 atom stereocenters. The van der Waals surface area contributed by atoms with Gasteiger partial charge in [0.05, 0.1) is 26.4 Å². The lowest BCUT2D eigenvalue weighted by Gasteiger charge is -2.06. The zero-order chi connectivity index (χ0) is 17.7. The Balaban J connectivity index is 1.40. The van der Waals surface area contributed by atoms with E-state index in [1.54, 1.807) is 0 Å². The molecular formula is C20H30N2O3+2. The van der Waals surface area contributed by atoms with Gasteiger partial charge in [-0.3, -0.25) is 0 Å². The molecule has 0 bridgehead atoms. The molecule has 0 aliphatic carbocycles. The Labute approximate surface area is 150 Å². The first kappa shape index (κ1) is 19.5. The monoisotopic (exact) mass is 346 g/mol. The predicted octanol–water partition coefficient (Wildman–Crippen LogP) is 1.63. The number of ether oxygens (including phenoxy) is 3. The van der Waals surface area contributed by atoms with E-state index in [0.29, 0.717) is 39.6 Å². The number of pyridine rings is 2. The summed E-state index contributed by atoms with van der Waals surface area (Å²) in [4.78, 5) is 0. The Morgan fingerprint density at radius 1 is 0.600 bits per heavy atom. The fourth-order valence-corrected chi connectivity index (χ4v) is 2.49. The summed E-state index contributed by atoms with van der Waals surface area (Å²) in [6.07, 6.45) is 4.14. The maximum Gasteiger partial charge on any atom is 0.178 e. The van der Waals surface area contributed by atoms with Gasteiger partial charge >= 0.3 is 0 Å². The molecule has 0 N–H and O–H groups in total. The maximum absolute atomic E-state index is 5.60. The minimum atomic E-state index is 0.605. The summed E-state index contributed by atoms with van der Waals surface area (Å²) in [5, 5.41) is 0. The van der Waals surface area contributed by atoms with E-state index < -0.39 is 0 Å². The molecule has 25 heavy (non-hydrogen) atoms. The molecule has 0 spiro atoms. The summed E-state index contributed by atoms with van der Waals surface area (Å²) in [7, 11) is 0. The molecule has 2 rings (SSSR count). The number of nitrogens with zero attached hydrogens (tertiary/aromatic N) is 2. The molecule has 0 fully saturated rings. The highest BCUT2D eigenvalue weighted by Gasteiger charge is 2.04. The standard InChI is InChI=1S/C20H30N2O3/c1-19-7-3-5-9-21(19)11-13-23-15-17-25-18-16-24-14-12-22-10-6-4-8-20(22)2/h3-10H,11-18H2,1-2H3/q+2. The third-order valence-corrected chi connectivity index (χ3v) is 4.03. The summed E-state index contributed by atoms with van der Waals surface area (Å²) in [5.74, 6) is 0. The maximum atomic E-state index is 5.60. The van der Waals surface area contributed by atoms with Gasteiger partial charge in [-0.15, -0.1) is 0 Å². The van der Waals surface area contributed by atoms with Crippen LogP contribution in [0.5, 0.6) is 0 Å². The Kier molecular flexibility index (Phi) is 9.12. The summed E-state index contributed by atoms with van der Waals surface area (Å²) in [6.45, 7) is 9.77. The number of aryl methyl sites for hydroxylation is 2. The van der Waals surface area contributed by atoms with Crippen molar-refractivity contribution in [3.05, 3.63) is 60.2 Å². The van der Waals surface area contributed by atoms with Crippen molar-refractivity contribution < 1.29 is 23.3 Å². The number of rotatable bonds is 12. The second-order valence-corrected chi connectivity index (χ2v) is 5.91. The van der Waals surface area contributed by atoms with Gasteiger partial charge in [-0.25, -0.2) is 9.13 Å². The topological polar surface area (TPSA) is 35.5 Å². The average Bonchev–Trinajstić information content (AvgIpc) is 2.62. The van der Waals surface area contributed by atoms with Crippen molar-refractivity contribution in [2.45, 2.75) is 26.9 Å². The van der Waals surface area contributed by atoms with Crippen molar-refractivity contribution in [3.63, 3.8) is 0 Å². The van der Waals surface area contributed by atoms with E-state index >= 15 is 0 Å². The zero-order valence-electron chi connectivity index (χ0n) is 15.4. The number of aromatic nitrogens is 2. The quantitative estimate of drug-likeness (QED) is 0.433. The molecule has 136 valence electrons. The lowest BCUT2D eigenvalue weighted by atomic mass is 10.3. The molecule has 0 unspecified atom stereocenters. The molecule has 5 nitrogen and oxygen atoms in total. The summed E-state index contributed by atoms with van der Waals surface area (Å²) in [6, 6.07) is 12.4. The van der Waals surface area contributed by atoms with Crippen LogP contribution < -0.4 is 9.13 Å². The van der Waals surface area contributed by atoms with Crippen LogP contribution in [0.1, 0.15) is 11.4 Å². The van der Waals surface area contributed by atoms with E-state index in [2.05, 4.69) is 47.5 Å². The lowest BCUT2D eigenvalue weighted by Crippen LogP contribution is -2.38. The molecule has 2 aromatic rings. The Bertz CT molecular complexity index is 566. The second kappa shape index (κ2) is 11.7. The fraction of sp³-hybridized carbons (Fsp3) is 0.500. The molecule has 0 amide bonds. The van der Waals surface area contributed by atoms with Gasteiger partial charge in [-0.2, -0.15) is 0 Å². The normalized spacial score (nSPS) is 11.0. The summed E-state index contributed by atoms with van der Waals surface area (Å²) < 4.78 is 21.1. The average molecular weight is 346 g/mol. The Hall–Kier alpha value is -1.82. The molecule has 0 radical (unpaired) electrons.